The second-order valence-electron chi connectivity index (χ2n) is 4.24. The molecule has 0 heterocycles. The van der Waals surface area contributed by atoms with E-state index in [1.807, 2.05) is 0 Å². The van der Waals surface area contributed by atoms with E-state index in [0.29, 0.717) is 24.8 Å². The summed E-state index contributed by atoms with van der Waals surface area (Å²) in [6.45, 7) is 4.38. The topological polar surface area (TPSA) is 30.5 Å². The minimum Gasteiger partial charge on any atom is -0.382 e. The van der Waals surface area contributed by atoms with Gasteiger partial charge in [0, 0.05) is 12.1 Å². The van der Waals surface area contributed by atoms with Crippen molar-refractivity contribution in [3.05, 3.63) is 34.6 Å². The molecular formula is C14H21ClFNO2. The molecule has 1 N–H and O–H groups in total. The Hall–Kier alpha value is -0.680. The summed E-state index contributed by atoms with van der Waals surface area (Å²) in [5, 5.41) is 3.86. The van der Waals surface area contributed by atoms with Gasteiger partial charge in [-0.1, -0.05) is 18.5 Å². The van der Waals surface area contributed by atoms with E-state index in [9.17, 15) is 4.39 Å². The average Bonchev–Trinajstić information content (AvgIpc) is 2.41. The van der Waals surface area contributed by atoms with Gasteiger partial charge in [0.2, 0.25) is 0 Å². The molecule has 0 radical (unpaired) electrons. The predicted molar refractivity (Wildman–Crippen MR) is 75.1 cm³/mol. The van der Waals surface area contributed by atoms with Crippen LogP contribution in [0.2, 0.25) is 5.02 Å². The van der Waals surface area contributed by atoms with Gasteiger partial charge in [-0.05, 0) is 36.7 Å². The summed E-state index contributed by atoms with van der Waals surface area (Å²) < 4.78 is 23.8. The minimum absolute atomic E-state index is 0.111. The molecule has 0 amide bonds. The van der Waals surface area contributed by atoms with E-state index < -0.39 is 0 Å². The first-order valence-electron chi connectivity index (χ1n) is 6.44. The van der Waals surface area contributed by atoms with Crippen LogP contribution >= 0.6 is 11.6 Å². The van der Waals surface area contributed by atoms with Gasteiger partial charge < -0.3 is 14.8 Å². The van der Waals surface area contributed by atoms with Crippen LogP contribution in [0.5, 0.6) is 0 Å². The highest BCUT2D eigenvalue weighted by molar-refractivity contribution is 6.31. The summed E-state index contributed by atoms with van der Waals surface area (Å²) in [6, 6.07) is 4.27. The number of nitrogens with one attached hydrogen (secondary N) is 1. The van der Waals surface area contributed by atoms with Crippen LogP contribution in [0.25, 0.3) is 0 Å². The largest absolute Gasteiger partial charge is 0.382 e. The molecule has 108 valence electrons. The molecule has 1 rings (SSSR count). The van der Waals surface area contributed by atoms with Gasteiger partial charge >= 0.3 is 0 Å². The molecule has 0 aliphatic rings. The summed E-state index contributed by atoms with van der Waals surface area (Å²) in [4.78, 5) is 0. The molecule has 0 aromatic heterocycles. The van der Waals surface area contributed by atoms with E-state index in [1.54, 1.807) is 13.2 Å². The van der Waals surface area contributed by atoms with Crippen molar-refractivity contribution in [3.63, 3.8) is 0 Å². The fourth-order valence-corrected chi connectivity index (χ4v) is 1.95. The lowest BCUT2D eigenvalue weighted by atomic mass is 10.1. The van der Waals surface area contributed by atoms with Gasteiger partial charge in [-0.3, -0.25) is 0 Å². The molecule has 0 spiro atoms. The number of methoxy groups -OCH3 is 1. The lowest BCUT2D eigenvalue weighted by molar-refractivity contribution is 0.0585. The van der Waals surface area contributed by atoms with E-state index in [0.717, 1.165) is 18.5 Å². The lowest BCUT2D eigenvalue weighted by Crippen LogP contribution is -2.27. The molecule has 1 aromatic rings. The zero-order chi connectivity index (χ0) is 14.1. The van der Waals surface area contributed by atoms with E-state index in [-0.39, 0.29) is 11.9 Å². The van der Waals surface area contributed by atoms with Gasteiger partial charge in [0.15, 0.2) is 0 Å². The van der Waals surface area contributed by atoms with Crippen LogP contribution in [-0.2, 0) is 9.47 Å². The van der Waals surface area contributed by atoms with Crippen molar-refractivity contribution in [3.8, 4) is 0 Å². The number of hydrogen-bond donors (Lipinski definition) is 1. The molecule has 1 unspecified atom stereocenters. The van der Waals surface area contributed by atoms with E-state index in [2.05, 4.69) is 12.2 Å². The fraction of sp³-hybridized carbons (Fsp3) is 0.571. The normalized spacial score (nSPS) is 12.6. The van der Waals surface area contributed by atoms with Crippen molar-refractivity contribution in [2.75, 3.05) is 33.5 Å². The highest BCUT2D eigenvalue weighted by Gasteiger charge is 2.15. The smallest absolute Gasteiger partial charge is 0.123 e. The molecule has 19 heavy (non-hydrogen) atoms. The standard InChI is InChI=1S/C14H21ClFNO2/c1-3-6-17-14(10-19-8-7-18-2)12-9-11(16)4-5-13(12)15/h4-5,9,14,17H,3,6-8,10H2,1-2H3. The van der Waals surface area contributed by atoms with Crippen LogP contribution in [0.1, 0.15) is 24.9 Å². The van der Waals surface area contributed by atoms with Crippen molar-refractivity contribution in [1.29, 1.82) is 0 Å². The van der Waals surface area contributed by atoms with Crippen molar-refractivity contribution in [2.45, 2.75) is 19.4 Å². The third-order valence-corrected chi connectivity index (χ3v) is 3.03. The Labute approximate surface area is 119 Å². The number of halogens is 2. The summed E-state index contributed by atoms with van der Waals surface area (Å²) in [5.74, 6) is -0.292. The maximum absolute atomic E-state index is 13.3. The summed E-state index contributed by atoms with van der Waals surface area (Å²) in [5.41, 5.74) is 0.729. The minimum atomic E-state index is -0.292. The van der Waals surface area contributed by atoms with Crippen molar-refractivity contribution in [2.24, 2.45) is 0 Å². The van der Waals surface area contributed by atoms with E-state index in [4.69, 9.17) is 21.1 Å². The van der Waals surface area contributed by atoms with Crippen LogP contribution in [0.4, 0.5) is 4.39 Å². The Balaban J connectivity index is 2.68. The third-order valence-electron chi connectivity index (χ3n) is 2.69. The number of rotatable bonds is 9. The summed E-state index contributed by atoms with van der Waals surface area (Å²) in [7, 11) is 1.62. The maximum atomic E-state index is 13.3. The number of hydrogen-bond acceptors (Lipinski definition) is 3. The quantitative estimate of drug-likeness (QED) is 0.708. The molecule has 0 fully saturated rings. The third kappa shape index (κ3) is 5.87. The molecule has 0 aliphatic heterocycles. The van der Waals surface area contributed by atoms with E-state index in [1.165, 1.54) is 12.1 Å². The van der Waals surface area contributed by atoms with Crippen LogP contribution in [0, 0.1) is 5.82 Å². The molecule has 0 aliphatic carbocycles. The first kappa shape index (κ1) is 16.4. The molecule has 1 atom stereocenters. The molecule has 0 saturated heterocycles. The zero-order valence-corrected chi connectivity index (χ0v) is 12.2. The number of benzene rings is 1. The summed E-state index contributed by atoms with van der Waals surface area (Å²) >= 11 is 6.12. The predicted octanol–water partition coefficient (Wildman–Crippen LogP) is 3.18. The van der Waals surface area contributed by atoms with Crippen molar-refractivity contribution < 1.29 is 13.9 Å². The first-order valence-corrected chi connectivity index (χ1v) is 6.81. The van der Waals surface area contributed by atoms with Gasteiger partial charge in [0.25, 0.3) is 0 Å². The van der Waals surface area contributed by atoms with Gasteiger partial charge in [-0.25, -0.2) is 4.39 Å². The van der Waals surface area contributed by atoms with Crippen LogP contribution in [0.3, 0.4) is 0 Å². The summed E-state index contributed by atoms with van der Waals surface area (Å²) in [6.07, 6.45) is 0.988. The Kier molecular flexibility index (Phi) is 7.98. The highest BCUT2D eigenvalue weighted by Crippen LogP contribution is 2.24. The van der Waals surface area contributed by atoms with Crippen molar-refractivity contribution in [1.82, 2.24) is 5.32 Å². The highest BCUT2D eigenvalue weighted by atomic mass is 35.5. The molecule has 0 saturated carbocycles. The maximum Gasteiger partial charge on any atom is 0.123 e. The van der Waals surface area contributed by atoms with Crippen LogP contribution in [0.15, 0.2) is 18.2 Å². The zero-order valence-electron chi connectivity index (χ0n) is 11.4. The van der Waals surface area contributed by atoms with E-state index >= 15 is 0 Å². The Morgan fingerprint density at radius 3 is 2.84 bits per heavy atom. The number of ether oxygens (including phenoxy) is 2. The molecular weight excluding hydrogens is 269 g/mol. The first-order chi connectivity index (χ1) is 9.19. The molecule has 3 nitrogen and oxygen atoms in total. The van der Waals surface area contributed by atoms with Gasteiger partial charge in [-0.15, -0.1) is 0 Å². The molecule has 0 bridgehead atoms. The second kappa shape index (κ2) is 9.26. The van der Waals surface area contributed by atoms with Crippen molar-refractivity contribution >= 4 is 11.6 Å². The fourth-order valence-electron chi connectivity index (χ4n) is 1.70. The van der Waals surface area contributed by atoms with Gasteiger partial charge in [-0.2, -0.15) is 0 Å². The molecule has 1 aromatic carbocycles. The SMILES string of the molecule is CCCNC(COCCOC)c1cc(F)ccc1Cl. The Morgan fingerprint density at radius 2 is 2.16 bits per heavy atom. The Morgan fingerprint density at radius 1 is 1.37 bits per heavy atom. The van der Waals surface area contributed by atoms with Gasteiger partial charge in [0.05, 0.1) is 25.9 Å². The second-order valence-corrected chi connectivity index (χ2v) is 4.65. The van der Waals surface area contributed by atoms with Crippen LogP contribution in [-0.4, -0.2) is 33.5 Å². The average molecular weight is 290 g/mol. The molecule has 5 heteroatoms. The van der Waals surface area contributed by atoms with Crippen LogP contribution < -0.4 is 5.32 Å². The lowest BCUT2D eigenvalue weighted by Gasteiger charge is -2.20. The monoisotopic (exact) mass is 289 g/mol. The van der Waals surface area contributed by atoms with Gasteiger partial charge in [0.1, 0.15) is 5.82 Å². The Bertz CT molecular complexity index is 376.